The number of anilines is 1. The lowest BCUT2D eigenvalue weighted by Gasteiger charge is -2.05. The van der Waals surface area contributed by atoms with Crippen molar-refractivity contribution in [3.8, 4) is 17.1 Å². The molecule has 16 heavy (non-hydrogen) atoms. The van der Waals surface area contributed by atoms with Gasteiger partial charge in [-0.3, -0.25) is 0 Å². The van der Waals surface area contributed by atoms with Crippen LogP contribution in [-0.4, -0.2) is 17.1 Å². The molecule has 1 heterocycles. The van der Waals surface area contributed by atoms with Gasteiger partial charge in [-0.05, 0) is 32.0 Å². The summed E-state index contributed by atoms with van der Waals surface area (Å²) in [5, 5.41) is 0. The summed E-state index contributed by atoms with van der Waals surface area (Å²) in [6.07, 6.45) is 0. The molecule has 2 aromatic rings. The van der Waals surface area contributed by atoms with Crippen LogP contribution in [0.2, 0.25) is 0 Å². The van der Waals surface area contributed by atoms with Gasteiger partial charge in [0.05, 0.1) is 18.5 Å². The molecule has 3 N–H and O–H groups in total. The van der Waals surface area contributed by atoms with Gasteiger partial charge in [-0.1, -0.05) is 0 Å². The summed E-state index contributed by atoms with van der Waals surface area (Å²) in [6.45, 7) is 3.97. The van der Waals surface area contributed by atoms with Crippen molar-refractivity contribution in [3.63, 3.8) is 0 Å². The van der Waals surface area contributed by atoms with E-state index in [4.69, 9.17) is 10.5 Å². The van der Waals surface area contributed by atoms with E-state index in [1.54, 1.807) is 7.11 Å². The first kappa shape index (κ1) is 10.5. The van der Waals surface area contributed by atoms with Gasteiger partial charge in [0.15, 0.2) is 0 Å². The van der Waals surface area contributed by atoms with Gasteiger partial charge in [-0.25, -0.2) is 4.98 Å². The van der Waals surface area contributed by atoms with Crippen LogP contribution < -0.4 is 10.5 Å². The number of imidazole rings is 1. The lowest BCUT2D eigenvalue weighted by atomic mass is 10.2. The van der Waals surface area contributed by atoms with Crippen LogP contribution in [0.5, 0.6) is 5.75 Å². The quantitative estimate of drug-likeness (QED) is 0.758. The number of H-pyrrole nitrogens is 1. The predicted molar refractivity (Wildman–Crippen MR) is 64.5 cm³/mol. The van der Waals surface area contributed by atoms with Crippen molar-refractivity contribution in [1.82, 2.24) is 9.97 Å². The Morgan fingerprint density at radius 1 is 1.31 bits per heavy atom. The van der Waals surface area contributed by atoms with E-state index in [1.165, 1.54) is 0 Å². The number of nitrogens with one attached hydrogen (secondary N) is 1. The molecule has 0 spiro atoms. The Morgan fingerprint density at radius 2 is 2.06 bits per heavy atom. The Kier molecular flexibility index (Phi) is 2.56. The molecular weight excluding hydrogens is 202 g/mol. The second kappa shape index (κ2) is 3.89. The minimum Gasteiger partial charge on any atom is -0.495 e. The van der Waals surface area contributed by atoms with Crippen molar-refractivity contribution in [3.05, 3.63) is 29.6 Å². The van der Waals surface area contributed by atoms with Crippen LogP contribution in [0.15, 0.2) is 18.2 Å². The zero-order chi connectivity index (χ0) is 11.7. The number of rotatable bonds is 2. The van der Waals surface area contributed by atoms with Gasteiger partial charge in [0, 0.05) is 11.3 Å². The maximum Gasteiger partial charge on any atom is 0.141 e. The van der Waals surface area contributed by atoms with Crippen LogP contribution in [0.25, 0.3) is 11.4 Å². The maximum atomic E-state index is 5.85. The van der Waals surface area contributed by atoms with Crippen molar-refractivity contribution in [2.24, 2.45) is 0 Å². The van der Waals surface area contributed by atoms with E-state index >= 15 is 0 Å². The molecule has 0 fully saturated rings. The molecule has 0 aliphatic heterocycles. The Labute approximate surface area is 94.5 Å². The summed E-state index contributed by atoms with van der Waals surface area (Å²) in [6, 6.07) is 5.64. The Bertz CT molecular complexity index is 497. The SMILES string of the molecule is COc1ccc(-c2nc(C)c(C)[nH]2)cc1N. The molecule has 0 bridgehead atoms. The van der Waals surface area contributed by atoms with Gasteiger partial charge in [-0.15, -0.1) is 0 Å². The molecule has 0 aliphatic rings. The number of nitrogen functional groups attached to an aromatic ring is 1. The molecule has 0 saturated heterocycles. The van der Waals surface area contributed by atoms with Gasteiger partial charge in [-0.2, -0.15) is 0 Å². The smallest absolute Gasteiger partial charge is 0.141 e. The number of nitrogens with zero attached hydrogens (tertiary/aromatic N) is 1. The average molecular weight is 217 g/mol. The molecular formula is C12H15N3O. The highest BCUT2D eigenvalue weighted by atomic mass is 16.5. The van der Waals surface area contributed by atoms with Crippen LogP contribution >= 0.6 is 0 Å². The van der Waals surface area contributed by atoms with Crippen molar-refractivity contribution < 1.29 is 4.74 Å². The molecule has 4 nitrogen and oxygen atoms in total. The Hall–Kier alpha value is -1.97. The third kappa shape index (κ3) is 1.74. The number of hydrogen-bond acceptors (Lipinski definition) is 3. The predicted octanol–water partition coefficient (Wildman–Crippen LogP) is 2.28. The van der Waals surface area contributed by atoms with Crippen molar-refractivity contribution in [1.29, 1.82) is 0 Å². The molecule has 0 amide bonds. The fourth-order valence-corrected chi connectivity index (χ4v) is 1.57. The summed E-state index contributed by atoms with van der Waals surface area (Å²) in [4.78, 5) is 7.64. The topological polar surface area (TPSA) is 63.9 Å². The van der Waals surface area contributed by atoms with E-state index in [-0.39, 0.29) is 0 Å². The monoisotopic (exact) mass is 217 g/mol. The lowest BCUT2D eigenvalue weighted by molar-refractivity contribution is 0.417. The molecule has 4 heteroatoms. The average Bonchev–Trinajstić information content (AvgIpc) is 2.59. The standard InChI is InChI=1S/C12H15N3O/c1-7-8(2)15-12(14-7)9-4-5-11(16-3)10(13)6-9/h4-6H,13H2,1-3H3,(H,14,15). The van der Waals surface area contributed by atoms with Crippen LogP contribution in [0.4, 0.5) is 5.69 Å². The summed E-state index contributed by atoms with van der Waals surface area (Å²) in [5.74, 6) is 1.52. The second-order valence-electron chi connectivity index (χ2n) is 3.75. The van der Waals surface area contributed by atoms with Crippen LogP contribution in [-0.2, 0) is 0 Å². The molecule has 1 aromatic carbocycles. The van der Waals surface area contributed by atoms with Gasteiger partial charge >= 0.3 is 0 Å². The number of aryl methyl sites for hydroxylation is 2. The largest absolute Gasteiger partial charge is 0.495 e. The Morgan fingerprint density at radius 3 is 2.56 bits per heavy atom. The molecule has 0 unspecified atom stereocenters. The number of benzene rings is 1. The number of ether oxygens (including phenoxy) is 1. The molecule has 0 atom stereocenters. The summed E-state index contributed by atoms with van der Waals surface area (Å²) in [5.41, 5.74) is 9.51. The second-order valence-corrected chi connectivity index (χ2v) is 3.75. The first-order chi connectivity index (χ1) is 7.61. The molecule has 2 rings (SSSR count). The lowest BCUT2D eigenvalue weighted by Crippen LogP contribution is -1.93. The normalized spacial score (nSPS) is 10.4. The fourth-order valence-electron chi connectivity index (χ4n) is 1.57. The summed E-state index contributed by atoms with van der Waals surface area (Å²) < 4.78 is 5.11. The zero-order valence-corrected chi connectivity index (χ0v) is 9.66. The van der Waals surface area contributed by atoms with Crippen LogP contribution in [0.3, 0.4) is 0 Å². The first-order valence-corrected chi connectivity index (χ1v) is 5.09. The summed E-state index contributed by atoms with van der Waals surface area (Å²) >= 11 is 0. The number of hydrogen-bond donors (Lipinski definition) is 2. The van der Waals surface area contributed by atoms with Crippen LogP contribution in [0.1, 0.15) is 11.4 Å². The molecule has 84 valence electrons. The fraction of sp³-hybridized carbons (Fsp3) is 0.250. The van der Waals surface area contributed by atoms with E-state index in [2.05, 4.69) is 9.97 Å². The van der Waals surface area contributed by atoms with E-state index in [0.29, 0.717) is 11.4 Å². The third-order valence-electron chi connectivity index (χ3n) is 2.63. The van der Waals surface area contributed by atoms with Gasteiger partial charge < -0.3 is 15.5 Å². The Balaban J connectivity index is 2.45. The van der Waals surface area contributed by atoms with E-state index in [0.717, 1.165) is 22.8 Å². The first-order valence-electron chi connectivity index (χ1n) is 5.09. The van der Waals surface area contributed by atoms with Gasteiger partial charge in [0.25, 0.3) is 0 Å². The number of aromatic amines is 1. The summed E-state index contributed by atoms with van der Waals surface area (Å²) in [7, 11) is 1.60. The molecule has 0 aliphatic carbocycles. The zero-order valence-electron chi connectivity index (χ0n) is 9.66. The van der Waals surface area contributed by atoms with Crippen molar-refractivity contribution in [2.75, 3.05) is 12.8 Å². The highest BCUT2D eigenvalue weighted by Gasteiger charge is 2.07. The number of methoxy groups -OCH3 is 1. The van der Waals surface area contributed by atoms with E-state index in [9.17, 15) is 0 Å². The minimum atomic E-state index is 0.617. The highest BCUT2D eigenvalue weighted by Crippen LogP contribution is 2.27. The van der Waals surface area contributed by atoms with Gasteiger partial charge in [0.2, 0.25) is 0 Å². The minimum absolute atomic E-state index is 0.617. The highest BCUT2D eigenvalue weighted by molar-refractivity contribution is 5.66. The molecule has 1 aromatic heterocycles. The number of aromatic nitrogens is 2. The maximum absolute atomic E-state index is 5.85. The molecule has 0 radical (unpaired) electrons. The van der Waals surface area contributed by atoms with Gasteiger partial charge in [0.1, 0.15) is 11.6 Å². The third-order valence-corrected chi connectivity index (χ3v) is 2.63. The van der Waals surface area contributed by atoms with Crippen molar-refractivity contribution in [2.45, 2.75) is 13.8 Å². The molecule has 0 saturated carbocycles. The van der Waals surface area contributed by atoms with E-state index < -0.39 is 0 Å². The van der Waals surface area contributed by atoms with Crippen molar-refractivity contribution >= 4 is 5.69 Å². The van der Waals surface area contributed by atoms with Crippen LogP contribution in [0, 0.1) is 13.8 Å². The number of nitrogens with two attached hydrogens (primary N) is 1. The van der Waals surface area contributed by atoms with E-state index in [1.807, 2.05) is 32.0 Å².